The second kappa shape index (κ2) is 49.2. The van der Waals surface area contributed by atoms with Crippen molar-refractivity contribution in [2.75, 3.05) is 54.1 Å². The Morgan fingerprint density at radius 2 is 0.846 bits per heavy atom. The highest BCUT2D eigenvalue weighted by molar-refractivity contribution is 7.45. The quantitative estimate of drug-likeness (QED) is 0.0197. The zero-order valence-electron chi connectivity index (χ0n) is 43.7. The van der Waals surface area contributed by atoms with Crippen molar-refractivity contribution in [3.8, 4) is 0 Å². The number of phosphoric acid groups is 1. The van der Waals surface area contributed by atoms with Crippen molar-refractivity contribution >= 4 is 13.8 Å². The maximum atomic E-state index is 12.8. The van der Waals surface area contributed by atoms with Gasteiger partial charge in [-0.25, -0.2) is 0 Å². The molecule has 0 aromatic heterocycles. The van der Waals surface area contributed by atoms with Crippen molar-refractivity contribution in [3.63, 3.8) is 0 Å². The molecule has 0 aliphatic rings. The van der Waals surface area contributed by atoms with Crippen molar-refractivity contribution in [2.24, 2.45) is 0 Å². The van der Waals surface area contributed by atoms with E-state index in [4.69, 9.17) is 18.5 Å². The van der Waals surface area contributed by atoms with Crippen LogP contribution in [0.5, 0.6) is 0 Å². The molecule has 0 aliphatic heterocycles. The number of likely N-dealkylation sites (N-methyl/N-ethyl adjacent to an activating group) is 1. The van der Waals surface area contributed by atoms with Gasteiger partial charge in [-0.2, -0.15) is 0 Å². The molecule has 65 heavy (non-hydrogen) atoms. The lowest BCUT2D eigenvalue weighted by Crippen LogP contribution is -2.37. The Morgan fingerprint density at radius 3 is 1.26 bits per heavy atom. The van der Waals surface area contributed by atoms with E-state index < -0.39 is 13.9 Å². The van der Waals surface area contributed by atoms with Crippen LogP contribution in [0, 0.1) is 0 Å². The first-order chi connectivity index (χ1) is 31.6. The molecule has 8 nitrogen and oxygen atoms in total. The van der Waals surface area contributed by atoms with Gasteiger partial charge in [0.1, 0.15) is 19.3 Å². The standard InChI is InChI=1S/C56H108NO7P/c1-6-8-10-12-14-16-18-20-22-24-26-28-29-30-31-33-35-37-39-41-43-45-47-49-56(58)64-55(54-63-65(59,60)62-52-50-57(3,4)5)53-61-51-48-46-44-42-40-38-36-34-32-27-25-23-21-19-17-15-13-11-9-7-2/h18,20-21,23-24,26,55H,6-17,19,22,25,27-54H2,1-5H3/b20-18-,23-21-,26-24-. The summed E-state index contributed by atoms with van der Waals surface area (Å²) in [6.45, 7) is 5.44. The SMILES string of the molecule is CCCCCCC/C=C\C/C=C\CCCCCCCCCCCCCC(=O)OC(COCCCCCCCCCCCC/C=C\CCCCCCCC)COP(=O)([O-])OCC[N+](C)(C)C. The van der Waals surface area contributed by atoms with E-state index in [1.807, 2.05) is 21.1 Å². The molecule has 0 saturated heterocycles. The number of ether oxygens (including phenoxy) is 2. The molecule has 0 N–H and O–H groups in total. The summed E-state index contributed by atoms with van der Waals surface area (Å²) < 4.78 is 34.8. The van der Waals surface area contributed by atoms with Crippen LogP contribution in [0.3, 0.4) is 0 Å². The third kappa shape index (κ3) is 53.5. The molecule has 0 fully saturated rings. The average molecular weight is 938 g/mol. The van der Waals surface area contributed by atoms with Crippen molar-refractivity contribution < 1.29 is 37.3 Å². The second-order valence-corrected chi connectivity index (χ2v) is 21.3. The van der Waals surface area contributed by atoms with E-state index in [1.165, 1.54) is 199 Å². The molecule has 2 unspecified atom stereocenters. The number of carbonyl (C=O) groups excluding carboxylic acids is 1. The van der Waals surface area contributed by atoms with Crippen molar-refractivity contribution in [2.45, 2.75) is 264 Å². The van der Waals surface area contributed by atoms with Crippen molar-refractivity contribution in [1.82, 2.24) is 0 Å². The van der Waals surface area contributed by atoms with E-state index in [2.05, 4.69) is 50.3 Å². The number of phosphoric ester groups is 1. The fraction of sp³-hybridized carbons (Fsp3) is 0.875. The predicted molar refractivity (Wildman–Crippen MR) is 277 cm³/mol. The zero-order chi connectivity index (χ0) is 47.6. The largest absolute Gasteiger partial charge is 0.756 e. The van der Waals surface area contributed by atoms with Crippen molar-refractivity contribution in [3.05, 3.63) is 36.5 Å². The number of rotatable bonds is 52. The van der Waals surface area contributed by atoms with Gasteiger partial charge in [-0.1, -0.05) is 217 Å². The fourth-order valence-corrected chi connectivity index (χ4v) is 8.60. The summed E-state index contributed by atoms with van der Waals surface area (Å²) in [5.41, 5.74) is 0. The first-order valence-electron chi connectivity index (χ1n) is 27.7. The monoisotopic (exact) mass is 938 g/mol. The molecule has 0 spiro atoms. The highest BCUT2D eigenvalue weighted by Crippen LogP contribution is 2.38. The van der Waals surface area contributed by atoms with E-state index in [0.717, 1.165) is 38.5 Å². The minimum Gasteiger partial charge on any atom is -0.756 e. The lowest BCUT2D eigenvalue weighted by atomic mass is 10.0. The van der Waals surface area contributed by atoms with Crippen LogP contribution < -0.4 is 4.89 Å². The van der Waals surface area contributed by atoms with Crippen LogP contribution in [0.15, 0.2) is 36.5 Å². The highest BCUT2D eigenvalue weighted by atomic mass is 31.2. The molecular weight excluding hydrogens is 830 g/mol. The van der Waals surface area contributed by atoms with E-state index in [9.17, 15) is 14.3 Å². The summed E-state index contributed by atoms with van der Waals surface area (Å²) in [4.78, 5) is 25.2. The molecule has 0 rings (SSSR count). The molecule has 0 heterocycles. The zero-order valence-corrected chi connectivity index (χ0v) is 44.6. The number of nitrogens with zero attached hydrogens (tertiary/aromatic N) is 1. The number of hydrogen-bond acceptors (Lipinski definition) is 7. The van der Waals surface area contributed by atoms with Gasteiger partial charge in [-0.3, -0.25) is 9.36 Å². The molecule has 0 saturated carbocycles. The Bertz CT molecular complexity index is 1140. The molecule has 2 atom stereocenters. The first kappa shape index (κ1) is 63.7. The van der Waals surface area contributed by atoms with Gasteiger partial charge in [-0.05, 0) is 70.6 Å². The van der Waals surface area contributed by atoms with Crippen molar-refractivity contribution in [1.29, 1.82) is 0 Å². The van der Waals surface area contributed by atoms with Gasteiger partial charge in [0.05, 0.1) is 34.4 Å². The lowest BCUT2D eigenvalue weighted by molar-refractivity contribution is -0.870. The predicted octanol–water partition coefficient (Wildman–Crippen LogP) is 16.7. The smallest absolute Gasteiger partial charge is 0.306 e. The van der Waals surface area contributed by atoms with E-state index in [-0.39, 0.29) is 25.8 Å². The van der Waals surface area contributed by atoms with E-state index in [0.29, 0.717) is 24.1 Å². The van der Waals surface area contributed by atoms with E-state index >= 15 is 0 Å². The maximum Gasteiger partial charge on any atom is 0.306 e. The van der Waals surface area contributed by atoms with Crippen LogP contribution >= 0.6 is 7.82 Å². The van der Waals surface area contributed by atoms with Crippen LogP contribution in [0.25, 0.3) is 0 Å². The van der Waals surface area contributed by atoms with Crippen LogP contribution in [0.2, 0.25) is 0 Å². The third-order valence-electron chi connectivity index (χ3n) is 12.2. The van der Waals surface area contributed by atoms with Crippen LogP contribution in [0.4, 0.5) is 0 Å². The molecule has 0 aromatic rings. The van der Waals surface area contributed by atoms with Crippen LogP contribution in [-0.2, 0) is 27.9 Å². The summed E-state index contributed by atoms with van der Waals surface area (Å²) >= 11 is 0. The summed E-state index contributed by atoms with van der Waals surface area (Å²) in [6, 6.07) is 0. The lowest BCUT2D eigenvalue weighted by Gasteiger charge is -2.28. The molecule has 0 bridgehead atoms. The third-order valence-corrected chi connectivity index (χ3v) is 13.1. The Labute approximate surface area is 404 Å². The van der Waals surface area contributed by atoms with Gasteiger partial charge < -0.3 is 27.9 Å². The Morgan fingerprint density at radius 1 is 0.477 bits per heavy atom. The molecular formula is C56H108NO7P. The number of quaternary nitrogens is 1. The van der Waals surface area contributed by atoms with Crippen LogP contribution in [0.1, 0.15) is 258 Å². The summed E-state index contributed by atoms with van der Waals surface area (Å²) in [6.07, 6.45) is 60.3. The van der Waals surface area contributed by atoms with Gasteiger partial charge in [0.15, 0.2) is 0 Å². The van der Waals surface area contributed by atoms with Gasteiger partial charge in [0.2, 0.25) is 0 Å². The summed E-state index contributed by atoms with van der Waals surface area (Å²) in [5, 5.41) is 0. The van der Waals surface area contributed by atoms with Gasteiger partial charge >= 0.3 is 5.97 Å². The Hall–Kier alpha value is -1.28. The summed E-state index contributed by atoms with van der Waals surface area (Å²) in [5.74, 6) is -0.333. The molecule has 0 aliphatic carbocycles. The van der Waals surface area contributed by atoms with Gasteiger partial charge in [0, 0.05) is 13.0 Å². The molecule has 0 aromatic carbocycles. The Balaban J connectivity index is 4.09. The molecule has 384 valence electrons. The normalized spacial score (nSPS) is 13.8. The maximum absolute atomic E-state index is 12.8. The minimum absolute atomic E-state index is 0.0263. The number of hydrogen-bond donors (Lipinski definition) is 0. The Kier molecular flexibility index (Phi) is 48.2. The highest BCUT2D eigenvalue weighted by Gasteiger charge is 2.20. The molecule has 9 heteroatoms. The minimum atomic E-state index is -4.53. The topological polar surface area (TPSA) is 94.1 Å². The molecule has 0 amide bonds. The fourth-order valence-electron chi connectivity index (χ4n) is 7.87. The number of carbonyl (C=O) groups is 1. The summed E-state index contributed by atoms with van der Waals surface area (Å²) in [7, 11) is 1.36. The first-order valence-corrected chi connectivity index (χ1v) is 29.2. The van der Waals surface area contributed by atoms with Crippen LogP contribution in [-0.4, -0.2) is 70.7 Å². The number of allylic oxidation sites excluding steroid dienone is 6. The van der Waals surface area contributed by atoms with E-state index in [1.54, 1.807) is 0 Å². The second-order valence-electron chi connectivity index (χ2n) is 19.9. The number of unbranched alkanes of at least 4 members (excludes halogenated alkanes) is 32. The number of esters is 1. The average Bonchev–Trinajstić information content (AvgIpc) is 3.27. The van der Waals surface area contributed by atoms with Gasteiger partial charge in [0.25, 0.3) is 7.82 Å². The van der Waals surface area contributed by atoms with Gasteiger partial charge in [-0.15, -0.1) is 0 Å². The molecule has 0 radical (unpaired) electrons.